The average molecular weight is 114 g/mol. The van der Waals surface area contributed by atoms with Crippen molar-refractivity contribution < 1.29 is 14.1 Å². The summed E-state index contributed by atoms with van der Waals surface area (Å²) in [5.41, 5.74) is 0. The Balaban J connectivity index is 2.19. The molecule has 5 heteroatoms. The number of hydrogen-bond donors (Lipinski definition) is 2. The minimum atomic E-state index is -0.580. The molecule has 0 aliphatic carbocycles. The van der Waals surface area contributed by atoms with Gasteiger partial charge in [-0.15, -0.1) is 0 Å². The lowest BCUT2D eigenvalue weighted by Gasteiger charge is -1.82. The lowest BCUT2D eigenvalue weighted by molar-refractivity contribution is 0.496. The van der Waals surface area contributed by atoms with Gasteiger partial charge >= 0.3 is 0 Å². The molecule has 0 saturated carbocycles. The molecule has 5 heavy (non-hydrogen) atoms. The van der Waals surface area contributed by atoms with Gasteiger partial charge < -0.3 is 9.79 Å². The van der Waals surface area contributed by atoms with Crippen LogP contribution < -0.4 is 0 Å². The molecule has 0 amide bonds. The van der Waals surface area contributed by atoms with Crippen molar-refractivity contribution in [3.05, 3.63) is 0 Å². The largest absolute Gasteiger partial charge is 0.352 e. The molecule has 32 valence electrons. The Labute approximate surface area is 33.3 Å². The number of hydrogen-bond acceptors (Lipinski definition) is 3. The summed E-state index contributed by atoms with van der Waals surface area (Å²) in [5, 5.41) is 0. The zero-order valence-electron chi connectivity index (χ0n) is 2.30. The summed E-state index contributed by atoms with van der Waals surface area (Å²) in [6.45, 7) is 0. The molecule has 0 saturated heterocycles. The van der Waals surface area contributed by atoms with E-state index in [1.807, 2.05) is 0 Å². The van der Waals surface area contributed by atoms with E-state index in [4.69, 9.17) is 9.79 Å². The fraction of sp³-hybridized carbons (Fsp3) is 0. The van der Waals surface area contributed by atoms with Crippen molar-refractivity contribution in [1.82, 2.24) is 0 Å². The molecule has 2 unspecified atom stereocenters. The van der Waals surface area contributed by atoms with Gasteiger partial charge in [0.1, 0.15) is 0 Å². The maximum Gasteiger partial charge on any atom is 0.158 e. The fourth-order valence-electron chi connectivity index (χ4n) is 0.0204. The van der Waals surface area contributed by atoms with E-state index in [1.165, 1.54) is 0 Å². The molecule has 2 N–H and O–H groups in total. The van der Waals surface area contributed by atoms with E-state index >= 15 is 0 Å². The van der Waals surface area contributed by atoms with Crippen molar-refractivity contribution in [2.45, 2.75) is 0 Å². The summed E-state index contributed by atoms with van der Waals surface area (Å²) in [4.78, 5) is 15.4. The van der Waals surface area contributed by atoms with Crippen LogP contribution in [0.3, 0.4) is 0 Å². The van der Waals surface area contributed by atoms with Crippen molar-refractivity contribution in [2.24, 2.45) is 0 Å². The summed E-state index contributed by atoms with van der Waals surface area (Å²) in [6.07, 6.45) is 0. The van der Waals surface area contributed by atoms with E-state index in [0.29, 0.717) is 0 Å². The number of rotatable bonds is 2. The van der Waals surface area contributed by atoms with Gasteiger partial charge in [-0.1, -0.05) is 0 Å². The summed E-state index contributed by atoms with van der Waals surface area (Å²) in [7, 11) is -1.16. The molecule has 0 aromatic heterocycles. The van der Waals surface area contributed by atoms with E-state index in [0.717, 1.165) is 0 Å². The van der Waals surface area contributed by atoms with E-state index in [1.54, 1.807) is 0 Å². The van der Waals surface area contributed by atoms with Crippen LogP contribution in [0.15, 0.2) is 0 Å². The van der Waals surface area contributed by atoms with Gasteiger partial charge in [0, 0.05) is 0 Å². The van der Waals surface area contributed by atoms with Crippen molar-refractivity contribution in [2.75, 3.05) is 0 Å². The van der Waals surface area contributed by atoms with Gasteiger partial charge in [0.2, 0.25) is 0 Å². The molecule has 2 atom stereocenters. The van der Waals surface area contributed by atoms with Crippen molar-refractivity contribution in [3.63, 3.8) is 0 Å². The van der Waals surface area contributed by atoms with Crippen LogP contribution in [0.2, 0.25) is 0 Å². The van der Waals surface area contributed by atoms with Gasteiger partial charge in [0.25, 0.3) is 0 Å². The molecule has 0 bridgehead atoms. The standard InChI is InChI=1S/H4O3P2/c1-4-3-5-2/h1-2,4-5H. The topological polar surface area (TPSA) is 49.7 Å². The third kappa shape index (κ3) is 4.74. The summed E-state index contributed by atoms with van der Waals surface area (Å²) < 4.78 is 4.00. The molecular formula is H4O3P2. The van der Waals surface area contributed by atoms with Crippen molar-refractivity contribution in [1.29, 1.82) is 0 Å². The van der Waals surface area contributed by atoms with Crippen molar-refractivity contribution in [3.8, 4) is 0 Å². The van der Waals surface area contributed by atoms with E-state index in [9.17, 15) is 0 Å². The Morgan fingerprint density at radius 2 is 1.60 bits per heavy atom. The summed E-state index contributed by atoms with van der Waals surface area (Å²) in [5.74, 6) is 0. The Morgan fingerprint density at radius 3 is 1.60 bits per heavy atom. The molecule has 0 aromatic carbocycles. The van der Waals surface area contributed by atoms with Gasteiger partial charge in [-0.05, 0) is 0 Å². The van der Waals surface area contributed by atoms with Crippen LogP contribution in [0, 0.1) is 0 Å². The van der Waals surface area contributed by atoms with Gasteiger partial charge in [-0.3, -0.25) is 4.31 Å². The van der Waals surface area contributed by atoms with E-state index in [2.05, 4.69) is 4.31 Å². The zero-order valence-corrected chi connectivity index (χ0v) is 4.30. The van der Waals surface area contributed by atoms with Crippen LogP contribution in [-0.2, 0) is 4.31 Å². The molecule has 0 fully saturated rings. The first-order valence-corrected chi connectivity index (χ1v) is 2.57. The van der Waals surface area contributed by atoms with Gasteiger partial charge in [-0.2, -0.15) is 0 Å². The highest BCUT2D eigenvalue weighted by Crippen LogP contribution is 2.17. The molecule has 3 nitrogen and oxygen atoms in total. The van der Waals surface area contributed by atoms with Crippen LogP contribution in [-0.4, -0.2) is 9.79 Å². The predicted octanol–water partition coefficient (Wildman–Crippen LogP) is 0.00460. The maximum absolute atomic E-state index is 7.72. The summed E-state index contributed by atoms with van der Waals surface area (Å²) >= 11 is 0. The highest BCUT2D eigenvalue weighted by Gasteiger charge is 1.67. The molecule has 0 spiro atoms. The molecule has 0 radical (unpaired) electrons. The zero-order chi connectivity index (χ0) is 4.12. The first-order valence-electron chi connectivity index (χ1n) is 0.855. The van der Waals surface area contributed by atoms with Crippen LogP contribution in [0.25, 0.3) is 0 Å². The normalized spacial score (nSPS) is 13.2. The van der Waals surface area contributed by atoms with Gasteiger partial charge in [0.05, 0.1) is 0 Å². The Bertz CT molecular complexity index is 12.4. The second-order valence-corrected chi connectivity index (χ2v) is 1.47. The quantitative estimate of drug-likeness (QED) is 0.497. The molecule has 0 rings (SSSR count). The lowest BCUT2D eigenvalue weighted by atomic mass is 15.8. The van der Waals surface area contributed by atoms with E-state index in [-0.39, 0.29) is 0 Å². The molecule has 0 heterocycles. The highest BCUT2D eigenvalue weighted by molar-refractivity contribution is 7.39. The van der Waals surface area contributed by atoms with Crippen LogP contribution in [0.1, 0.15) is 0 Å². The van der Waals surface area contributed by atoms with Crippen LogP contribution in [0.4, 0.5) is 0 Å². The minimum Gasteiger partial charge on any atom is -0.352 e. The lowest BCUT2D eigenvalue weighted by Crippen LogP contribution is -1.45. The molecule has 0 aromatic rings. The fourth-order valence-corrected chi connectivity index (χ4v) is 0.184. The third-order valence-corrected chi connectivity index (χ3v) is 0.822. The van der Waals surface area contributed by atoms with Gasteiger partial charge in [0.15, 0.2) is 18.1 Å². The first-order chi connectivity index (χ1) is 2.41. The minimum absolute atomic E-state index is 0.580. The van der Waals surface area contributed by atoms with Crippen LogP contribution in [0.5, 0.6) is 0 Å². The Hall–Kier alpha value is 0.740. The second kappa shape index (κ2) is 4.74. The third-order valence-electron chi connectivity index (χ3n) is 0.0913. The Kier molecular flexibility index (Phi) is 5.44. The summed E-state index contributed by atoms with van der Waals surface area (Å²) in [6, 6.07) is 0. The SMILES string of the molecule is OPOPO. The van der Waals surface area contributed by atoms with Crippen LogP contribution >= 0.6 is 18.1 Å². The Morgan fingerprint density at radius 1 is 1.20 bits per heavy atom. The molecule has 0 aliphatic heterocycles. The first kappa shape index (κ1) is 5.74. The smallest absolute Gasteiger partial charge is 0.158 e. The predicted molar refractivity (Wildman–Crippen MR) is 22.2 cm³/mol. The highest BCUT2D eigenvalue weighted by atomic mass is 31.2. The van der Waals surface area contributed by atoms with E-state index < -0.39 is 18.1 Å². The van der Waals surface area contributed by atoms with Crippen molar-refractivity contribution >= 4 is 18.1 Å². The average Bonchev–Trinajstić information content (AvgIpc) is 1.41. The molecular weight excluding hydrogens is 110 g/mol. The second-order valence-electron chi connectivity index (χ2n) is 0.285. The molecule has 0 aliphatic rings. The maximum atomic E-state index is 7.72. The van der Waals surface area contributed by atoms with Gasteiger partial charge in [-0.25, -0.2) is 0 Å². The monoisotopic (exact) mass is 114 g/mol.